The molecule has 0 radical (unpaired) electrons. The summed E-state index contributed by atoms with van der Waals surface area (Å²) in [5.74, 6) is -4.34. The Hall–Kier alpha value is -1.77. The summed E-state index contributed by atoms with van der Waals surface area (Å²) >= 11 is 0. The van der Waals surface area contributed by atoms with Crippen molar-refractivity contribution in [1.29, 1.82) is 0 Å². The maximum Gasteiger partial charge on any atom is 0.393 e. The van der Waals surface area contributed by atoms with Gasteiger partial charge in [0.25, 0.3) is 5.91 Å². The van der Waals surface area contributed by atoms with Gasteiger partial charge in [-0.2, -0.15) is 13.2 Å². The first kappa shape index (κ1) is 17.3. The summed E-state index contributed by atoms with van der Waals surface area (Å²) in [5.41, 5.74) is 1.58. The highest BCUT2D eigenvalue weighted by molar-refractivity contribution is 6.17. The number of nitrogens with one attached hydrogen (secondary N) is 1. The Balaban J connectivity index is 2.91. The minimum Gasteiger partial charge on any atom is -0.510 e. The number of halogens is 3. The largest absolute Gasteiger partial charge is 0.510 e. The minimum absolute atomic E-state index is 0.00805. The molecular formula is C12H17F3N2O4. The summed E-state index contributed by atoms with van der Waals surface area (Å²) in [4.78, 5) is 23.2. The first-order valence-electron chi connectivity index (χ1n) is 6.33. The molecule has 0 aromatic heterocycles. The molecule has 0 aliphatic carbocycles. The van der Waals surface area contributed by atoms with E-state index in [2.05, 4.69) is 10.2 Å². The lowest BCUT2D eigenvalue weighted by Crippen LogP contribution is -2.56. The lowest BCUT2D eigenvalue weighted by molar-refractivity contribution is -0.189. The Labute approximate surface area is 119 Å². The highest BCUT2D eigenvalue weighted by Crippen LogP contribution is 2.31. The Morgan fingerprint density at radius 2 is 2.05 bits per heavy atom. The number of aliphatic hydroxyl groups is 1. The van der Waals surface area contributed by atoms with Gasteiger partial charge in [0.15, 0.2) is 5.57 Å². The van der Waals surface area contributed by atoms with Gasteiger partial charge in [-0.15, -0.1) is 0 Å². The number of hydrazine groups is 1. The molecule has 1 rings (SSSR count). The second-order valence-corrected chi connectivity index (χ2v) is 4.68. The van der Waals surface area contributed by atoms with Crippen molar-refractivity contribution >= 4 is 11.9 Å². The third-order valence-electron chi connectivity index (χ3n) is 3.29. The van der Waals surface area contributed by atoms with Crippen molar-refractivity contribution in [3.05, 3.63) is 11.3 Å². The van der Waals surface area contributed by atoms with Crippen LogP contribution in [0.3, 0.4) is 0 Å². The van der Waals surface area contributed by atoms with E-state index in [0.717, 1.165) is 11.9 Å². The van der Waals surface area contributed by atoms with E-state index in [1.165, 1.54) is 13.8 Å². The van der Waals surface area contributed by atoms with Crippen molar-refractivity contribution in [3.63, 3.8) is 0 Å². The van der Waals surface area contributed by atoms with Crippen LogP contribution in [0.25, 0.3) is 0 Å². The topological polar surface area (TPSA) is 78.9 Å². The number of amides is 1. The van der Waals surface area contributed by atoms with Crippen LogP contribution in [0.2, 0.25) is 0 Å². The maximum atomic E-state index is 12.7. The molecule has 0 bridgehead atoms. The van der Waals surface area contributed by atoms with E-state index in [4.69, 9.17) is 0 Å². The molecule has 1 amide bonds. The Morgan fingerprint density at radius 3 is 2.48 bits per heavy atom. The van der Waals surface area contributed by atoms with Crippen molar-refractivity contribution in [3.8, 4) is 0 Å². The molecule has 1 aliphatic heterocycles. The smallest absolute Gasteiger partial charge is 0.393 e. The summed E-state index contributed by atoms with van der Waals surface area (Å²) in [6, 6.07) is -1.11. The van der Waals surface area contributed by atoms with Crippen molar-refractivity contribution in [2.24, 2.45) is 5.92 Å². The zero-order chi connectivity index (χ0) is 16.4. The van der Waals surface area contributed by atoms with E-state index in [9.17, 15) is 27.9 Å². The average Bonchev–Trinajstić information content (AvgIpc) is 2.35. The molecule has 2 N–H and O–H groups in total. The number of hydrogen-bond donors (Lipinski definition) is 2. The number of carbonyl (C=O) groups is 2. The summed E-state index contributed by atoms with van der Waals surface area (Å²) in [6.45, 7) is 3.37. The SMILES string of the molecule is CCOC(=O)C1=C(O)CN([C@@H](C)C(C)C(F)(F)F)NC1=O. The number of carbonyl (C=O) groups excluding carboxylic acids is 2. The fourth-order valence-corrected chi connectivity index (χ4v) is 1.80. The van der Waals surface area contributed by atoms with Gasteiger partial charge in [0.1, 0.15) is 5.76 Å². The van der Waals surface area contributed by atoms with Gasteiger partial charge in [-0.25, -0.2) is 9.80 Å². The molecule has 0 spiro atoms. The van der Waals surface area contributed by atoms with Gasteiger partial charge in [0, 0.05) is 6.04 Å². The van der Waals surface area contributed by atoms with Crippen LogP contribution in [0, 0.1) is 5.92 Å². The molecule has 21 heavy (non-hydrogen) atoms. The van der Waals surface area contributed by atoms with Crippen LogP contribution < -0.4 is 5.43 Å². The van der Waals surface area contributed by atoms with Crippen LogP contribution in [0.1, 0.15) is 20.8 Å². The first-order valence-corrected chi connectivity index (χ1v) is 6.33. The molecule has 2 atom stereocenters. The second-order valence-electron chi connectivity index (χ2n) is 4.68. The summed E-state index contributed by atoms with van der Waals surface area (Å²) in [5, 5.41) is 10.7. The molecule has 1 heterocycles. The van der Waals surface area contributed by atoms with Crippen LogP contribution in [0.5, 0.6) is 0 Å². The van der Waals surface area contributed by atoms with Gasteiger partial charge in [0.05, 0.1) is 19.1 Å². The molecule has 9 heteroatoms. The van der Waals surface area contributed by atoms with Gasteiger partial charge >= 0.3 is 12.1 Å². The quantitative estimate of drug-likeness (QED) is 0.604. The monoisotopic (exact) mass is 310 g/mol. The molecule has 0 saturated carbocycles. The molecule has 0 saturated heterocycles. The Kier molecular flexibility index (Phi) is 5.21. The third-order valence-corrected chi connectivity index (χ3v) is 3.29. The number of hydrogen-bond acceptors (Lipinski definition) is 5. The van der Waals surface area contributed by atoms with Crippen molar-refractivity contribution in [1.82, 2.24) is 10.4 Å². The summed E-state index contributed by atoms with van der Waals surface area (Å²) in [7, 11) is 0. The highest BCUT2D eigenvalue weighted by Gasteiger charge is 2.43. The maximum absolute atomic E-state index is 12.7. The lowest BCUT2D eigenvalue weighted by atomic mass is 10.0. The number of nitrogens with zero attached hydrogens (tertiary/aromatic N) is 1. The molecule has 120 valence electrons. The molecular weight excluding hydrogens is 293 g/mol. The fourth-order valence-electron chi connectivity index (χ4n) is 1.80. The number of ether oxygens (including phenoxy) is 1. The number of alkyl halides is 3. The van der Waals surface area contributed by atoms with Crippen molar-refractivity contribution in [2.45, 2.75) is 33.0 Å². The van der Waals surface area contributed by atoms with Crippen LogP contribution in [0.4, 0.5) is 13.2 Å². The van der Waals surface area contributed by atoms with Crippen LogP contribution in [-0.2, 0) is 14.3 Å². The highest BCUT2D eigenvalue weighted by atomic mass is 19.4. The van der Waals surface area contributed by atoms with E-state index in [1.54, 1.807) is 0 Å². The Bertz CT molecular complexity index is 462. The van der Waals surface area contributed by atoms with Crippen LogP contribution in [-0.4, -0.2) is 47.4 Å². The van der Waals surface area contributed by atoms with Crippen molar-refractivity contribution in [2.75, 3.05) is 13.2 Å². The molecule has 6 nitrogen and oxygen atoms in total. The number of rotatable bonds is 4. The lowest BCUT2D eigenvalue weighted by Gasteiger charge is -2.36. The van der Waals surface area contributed by atoms with Gasteiger partial charge in [-0.1, -0.05) is 6.92 Å². The molecule has 1 aliphatic rings. The normalized spacial score (nSPS) is 20.0. The first-order chi connectivity index (χ1) is 9.59. The van der Waals surface area contributed by atoms with E-state index < -0.39 is 47.9 Å². The summed E-state index contributed by atoms with van der Waals surface area (Å²) in [6.07, 6.45) is -4.44. The van der Waals surface area contributed by atoms with E-state index in [-0.39, 0.29) is 6.61 Å². The summed E-state index contributed by atoms with van der Waals surface area (Å²) < 4.78 is 42.6. The number of aliphatic hydroxyl groups excluding tert-OH is 1. The van der Waals surface area contributed by atoms with E-state index in [1.807, 2.05) is 0 Å². The molecule has 1 unspecified atom stereocenters. The second kappa shape index (κ2) is 6.33. The van der Waals surface area contributed by atoms with E-state index >= 15 is 0 Å². The van der Waals surface area contributed by atoms with Gasteiger partial charge in [-0.3, -0.25) is 10.2 Å². The predicted octanol–water partition coefficient (Wildman–Crippen LogP) is 1.30. The average molecular weight is 310 g/mol. The van der Waals surface area contributed by atoms with Crippen LogP contribution in [0.15, 0.2) is 11.3 Å². The Morgan fingerprint density at radius 1 is 1.48 bits per heavy atom. The van der Waals surface area contributed by atoms with E-state index in [0.29, 0.717) is 0 Å². The van der Waals surface area contributed by atoms with Gasteiger partial charge in [-0.05, 0) is 13.8 Å². The van der Waals surface area contributed by atoms with Gasteiger partial charge < -0.3 is 9.84 Å². The fraction of sp³-hybridized carbons (Fsp3) is 0.667. The third kappa shape index (κ3) is 3.87. The molecule has 0 aromatic carbocycles. The van der Waals surface area contributed by atoms with Crippen LogP contribution >= 0.6 is 0 Å². The zero-order valence-corrected chi connectivity index (χ0v) is 11.8. The zero-order valence-electron chi connectivity index (χ0n) is 11.8. The minimum atomic E-state index is -4.44. The molecule has 0 aromatic rings. The predicted molar refractivity (Wildman–Crippen MR) is 65.8 cm³/mol. The molecule has 0 fully saturated rings. The standard InChI is InChI=1S/C12H17F3N2O4/c1-4-21-11(20)9-8(18)5-17(16-10(9)19)7(3)6(2)12(13,14)15/h6-7,18H,4-5H2,1-3H3,(H,16,19)/t6?,7-/m0/s1. The number of esters is 1. The van der Waals surface area contributed by atoms with Crippen molar-refractivity contribution < 1.29 is 32.6 Å². The van der Waals surface area contributed by atoms with Gasteiger partial charge in [0.2, 0.25) is 0 Å².